The van der Waals surface area contributed by atoms with Crippen molar-refractivity contribution in [2.24, 2.45) is 0 Å². The molecule has 1 fully saturated rings. The van der Waals surface area contributed by atoms with Gasteiger partial charge in [0.15, 0.2) is 11.5 Å². The Morgan fingerprint density at radius 2 is 1.84 bits per heavy atom. The molecule has 0 bridgehead atoms. The molecule has 1 unspecified atom stereocenters. The number of benzene rings is 2. The van der Waals surface area contributed by atoms with E-state index in [-0.39, 0.29) is 35.4 Å². The quantitative estimate of drug-likeness (QED) is 0.691. The Kier molecular flexibility index (Phi) is 7.28. The van der Waals surface area contributed by atoms with Gasteiger partial charge in [-0.2, -0.15) is 8.78 Å². The normalized spacial score (nSPS) is 15.6. The van der Waals surface area contributed by atoms with Gasteiger partial charge in [0, 0.05) is 24.6 Å². The molecule has 0 aromatic heterocycles. The fraction of sp³-hybridized carbons (Fsp3) is 0.364. The first-order valence-electron chi connectivity index (χ1n) is 9.74. The fourth-order valence-corrected chi connectivity index (χ4v) is 3.51. The van der Waals surface area contributed by atoms with Crippen LogP contribution < -0.4 is 19.5 Å². The van der Waals surface area contributed by atoms with Crippen LogP contribution in [0.1, 0.15) is 28.3 Å². The maximum Gasteiger partial charge on any atom is 0.387 e. The van der Waals surface area contributed by atoms with Crippen LogP contribution in [0, 0.1) is 0 Å². The molecule has 0 saturated carbocycles. The molecule has 31 heavy (non-hydrogen) atoms. The van der Waals surface area contributed by atoms with Crippen LogP contribution in [0.5, 0.6) is 17.2 Å². The van der Waals surface area contributed by atoms with Gasteiger partial charge in [-0.05, 0) is 42.3 Å². The number of hydrogen-bond donors (Lipinski definition) is 1. The number of carbonyl (C=O) groups is 2. The summed E-state index contributed by atoms with van der Waals surface area (Å²) in [5, 5.41) is 2.57. The van der Waals surface area contributed by atoms with Crippen LogP contribution in [0.2, 0.25) is 0 Å². The van der Waals surface area contributed by atoms with E-state index in [1.165, 1.54) is 25.3 Å². The van der Waals surface area contributed by atoms with Crippen LogP contribution in [-0.2, 0) is 4.79 Å². The number of amides is 2. The lowest BCUT2D eigenvalue weighted by Gasteiger charge is -2.17. The number of methoxy groups -OCH3 is 2. The molecule has 1 N–H and O–H groups in total. The molecular formula is C22H24F2N2O5. The Bertz CT molecular complexity index is 921. The van der Waals surface area contributed by atoms with Crippen molar-refractivity contribution >= 4 is 11.8 Å². The molecule has 2 amide bonds. The number of likely N-dealkylation sites (tertiary alicyclic amines) is 1. The molecule has 1 aliphatic rings. The number of ether oxygens (including phenoxy) is 3. The summed E-state index contributed by atoms with van der Waals surface area (Å²) in [6.07, 6.45) is 0.842. The molecule has 1 heterocycles. The van der Waals surface area contributed by atoms with Crippen LogP contribution in [0.25, 0.3) is 0 Å². The second-order valence-corrected chi connectivity index (χ2v) is 7.03. The second kappa shape index (κ2) is 10.1. The van der Waals surface area contributed by atoms with Crippen molar-refractivity contribution in [2.45, 2.75) is 19.0 Å². The molecule has 166 valence electrons. The number of nitrogens with zero attached hydrogens (tertiary/aromatic N) is 1. The summed E-state index contributed by atoms with van der Waals surface area (Å²) >= 11 is 0. The van der Waals surface area contributed by atoms with Crippen LogP contribution in [-0.4, -0.2) is 57.2 Å². The minimum atomic E-state index is -3.01. The molecule has 1 atom stereocenters. The first kappa shape index (κ1) is 22.3. The van der Waals surface area contributed by atoms with Crippen molar-refractivity contribution in [2.75, 3.05) is 33.9 Å². The number of rotatable bonds is 8. The maximum absolute atomic E-state index is 12.5. The third-order valence-corrected chi connectivity index (χ3v) is 5.17. The number of carbonyl (C=O) groups excluding carboxylic acids is 2. The predicted molar refractivity (Wildman–Crippen MR) is 109 cm³/mol. The summed E-state index contributed by atoms with van der Waals surface area (Å²) in [5.74, 6) is 0.142. The molecular weight excluding hydrogens is 410 g/mol. The summed E-state index contributed by atoms with van der Waals surface area (Å²) < 4.78 is 39.3. The van der Waals surface area contributed by atoms with Gasteiger partial charge in [-0.3, -0.25) is 9.59 Å². The topological polar surface area (TPSA) is 77.1 Å². The molecule has 9 heteroatoms. The molecule has 1 saturated heterocycles. The number of nitrogens with one attached hydrogen (secondary N) is 1. The van der Waals surface area contributed by atoms with Gasteiger partial charge in [0.1, 0.15) is 5.75 Å². The number of hydrogen-bond acceptors (Lipinski definition) is 5. The van der Waals surface area contributed by atoms with Crippen LogP contribution in [0.4, 0.5) is 8.78 Å². The summed E-state index contributed by atoms with van der Waals surface area (Å²) in [6, 6.07) is 11.6. The highest BCUT2D eigenvalue weighted by Crippen LogP contribution is 2.30. The van der Waals surface area contributed by atoms with E-state index in [1.807, 2.05) is 24.3 Å². The van der Waals surface area contributed by atoms with Gasteiger partial charge >= 0.3 is 6.61 Å². The van der Waals surface area contributed by atoms with Crippen molar-refractivity contribution in [3.63, 3.8) is 0 Å². The predicted octanol–water partition coefficient (Wildman–Crippen LogP) is 3.05. The minimum absolute atomic E-state index is 0.00107. The van der Waals surface area contributed by atoms with Crippen molar-refractivity contribution in [3.8, 4) is 17.2 Å². The van der Waals surface area contributed by atoms with Crippen LogP contribution in [0.3, 0.4) is 0 Å². The van der Waals surface area contributed by atoms with Gasteiger partial charge in [0.05, 0.1) is 20.8 Å². The highest BCUT2D eigenvalue weighted by Gasteiger charge is 2.27. The largest absolute Gasteiger partial charge is 0.497 e. The monoisotopic (exact) mass is 434 g/mol. The first-order chi connectivity index (χ1) is 14.9. The third-order valence-electron chi connectivity index (χ3n) is 5.17. The molecule has 2 aromatic rings. The zero-order chi connectivity index (χ0) is 22.4. The Hall–Kier alpha value is -3.36. The van der Waals surface area contributed by atoms with E-state index < -0.39 is 12.5 Å². The standard InChI is InChI=1S/C22H24F2N2O5/c1-29-17-6-3-14(4-7-17)16-9-10-26(13-16)20(27)12-25-21(28)15-5-8-18(31-22(23)24)19(11-15)30-2/h3-8,11,16,22H,9-10,12-13H2,1-2H3,(H,25,28). The average molecular weight is 434 g/mol. The van der Waals surface area contributed by atoms with Gasteiger partial charge in [0.2, 0.25) is 5.91 Å². The smallest absolute Gasteiger partial charge is 0.387 e. The molecule has 0 aliphatic carbocycles. The molecule has 3 rings (SSSR count). The van der Waals surface area contributed by atoms with E-state index in [0.29, 0.717) is 13.1 Å². The third kappa shape index (κ3) is 5.62. The van der Waals surface area contributed by atoms with E-state index in [4.69, 9.17) is 9.47 Å². The van der Waals surface area contributed by atoms with Gasteiger partial charge < -0.3 is 24.4 Å². The van der Waals surface area contributed by atoms with Crippen molar-refractivity contribution in [3.05, 3.63) is 53.6 Å². The van der Waals surface area contributed by atoms with Crippen LogP contribution >= 0.6 is 0 Å². The molecule has 7 nitrogen and oxygen atoms in total. The minimum Gasteiger partial charge on any atom is -0.497 e. The van der Waals surface area contributed by atoms with E-state index in [2.05, 4.69) is 10.1 Å². The number of alkyl halides is 2. The summed E-state index contributed by atoms with van der Waals surface area (Å²) in [4.78, 5) is 26.6. The Balaban J connectivity index is 1.54. The Labute approximate surface area is 178 Å². The lowest BCUT2D eigenvalue weighted by molar-refractivity contribution is -0.129. The first-order valence-corrected chi connectivity index (χ1v) is 9.74. The van der Waals surface area contributed by atoms with E-state index in [9.17, 15) is 18.4 Å². The van der Waals surface area contributed by atoms with E-state index >= 15 is 0 Å². The molecule has 1 aliphatic heterocycles. The van der Waals surface area contributed by atoms with Gasteiger partial charge in [0.25, 0.3) is 5.91 Å². The van der Waals surface area contributed by atoms with E-state index in [0.717, 1.165) is 17.7 Å². The molecule has 2 aromatic carbocycles. The van der Waals surface area contributed by atoms with E-state index in [1.54, 1.807) is 12.0 Å². The van der Waals surface area contributed by atoms with Gasteiger partial charge in [-0.25, -0.2) is 0 Å². The highest BCUT2D eigenvalue weighted by molar-refractivity contribution is 5.97. The van der Waals surface area contributed by atoms with Crippen molar-refractivity contribution < 1.29 is 32.6 Å². The van der Waals surface area contributed by atoms with Gasteiger partial charge in [-0.1, -0.05) is 12.1 Å². The second-order valence-electron chi connectivity index (χ2n) is 7.03. The number of halogens is 2. The lowest BCUT2D eigenvalue weighted by Crippen LogP contribution is -2.39. The summed E-state index contributed by atoms with van der Waals surface area (Å²) in [7, 11) is 2.90. The molecule has 0 spiro atoms. The van der Waals surface area contributed by atoms with Crippen molar-refractivity contribution in [1.29, 1.82) is 0 Å². The fourth-order valence-electron chi connectivity index (χ4n) is 3.51. The van der Waals surface area contributed by atoms with Crippen molar-refractivity contribution in [1.82, 2.24) is 10.2 Å². The maximum atomic E-state index is 12.5. The average Bonchev–Trinajstić information content (AvgIpc) is 3.27. The highest BCUT2D eigenvalue weighted by atomic mass is 19.3. The Morgan fingerprint density at radius 3 is 2.48 bits per heavy atom. The van der Waals surface area contributed by atoms with Crippen LogP contribution in [0.15, 0.2) is 42.5 Å². The SMILES string of the molecule is COc1ccc(C2CCN(C(=O)CNC(=O)c3ccc(OC(F)F)c(OC)c3)C2)cc1. The lowest BCUT2D eigenvalue weighted by atomic mass is 9.98. The molecule has 0 radical (unpaired) electrons. The zero-order valence-corrected chi connectivity index (χ0v) is 17.3. The summed E-state index contributed by atoms with van der Waals surface area (Å²) in [5.41, 5.74) is 1.31. The Morgan fingerprint density at radius 1 is 1.10 bits per heavy atom. The summed E-state index contributed by atoms with van der Waals surface area (Å²) in [6.45, 7) is -1.98. The van der Waals surface area contributed by atoms with Gasteiger partial charge in [-0.15, -0.1) is 0 Å². The zero-order valence-electron chi connectivity index (χ0n) is 17.3.